The van der Waals surface area contributed by atoms with E-state index in [9.17, 15) is 4.79 Å². The first-order chi connectivity index (χ1) is 9.58. The number of aromatic nitrogens is 1. The molecular formula is C14H12Cl2N2O2. The Kier molecular flexibility index (Phi) is 4.82. The third kappa shape index (κ3) is 3.85. The Bertz CT molecular complexity index is 595. The molecule has 4 nitrogen and oxygen atoms in total. The molecule has 6 heteroatoms. The highest BCUT2D eigenvalue weighted by molar-refractivity contribution is 6.35. The Balaban J connectivity index is 2.02. The van der Waals surface area contributed by atoms with Crippen LogP contribution in [0.15, 0.2) is 36.5 Å². The zero-order valence-corrected chi connectivity index (χ0v) is 12.2. The van der Waals surface area contributed by atoms with Gasteiger partial charge in [-0.25, -0.2) is 4.79 Å². The van der Waals surface area contributed by atoms with Crippen molar-refractivity contribution in [3.63, 3.8) is 0 Å². The average Bonchev–Trinajstić information content (AvgIpc) is 2.44. The molecule has 0 fully saturated rings. The Morgan fingerprint density at radius 1 is 1.25 bits per heavy atom. The number of rotatable bonds is 4. The predicted octanol–water partition coefficient (Wildman–Crippen LogP) is 3.79. The maximum absolute atomic E-state index is 11.3. The van der Waals surface area contributed by atoms with Gasteiger partial charge in [0.2, 0.25) is 0 Å². The smallest absolute Gasteiger partial charge is 0.339 e. The number of anilines is 1. The lowest BCUT2D eigenvalue weighted by molar-refractivity contribution is 0.0600. The van der Waals surface area contributed by atoms with Gasteiger partial charge in [0.1, 0.15) is 0 Å². The van der Waals surface area contributed by atoms with Gasteiger partial charge in [0.25, 0.3) is 0 Å². The van der Waals surface area contributed by atoms with E-state index in [1.807, 2.05) is 0 Å². The van der Waals surface area contributed by atoms with Crippen molar-refractivity contribution in [2.45, 2.75) is 6.54 Å². The number of hydrogen-bond donors (Lipinski definition) is 1. The molecule has 2 aromatic rings. The van der Waals surface area contributed by atoms with Gasteiger partial charge in [-0.3, -0.25) is 4.98 Å². The van der Waals surface area contributed by atoms with Crippen molar-refractivity contribution in [1.82, 2.24) is 4.98 Å². The number of nitrogens with one attached hydrogen (secondary N) is 1. The molecule has 1 N–H and O–H groups in total. The lowest BCUT2D eigenvalue weighted by atomic mass is 10.2. The zero-order chi connectivity index (χ0) is 14.5. The Hall–Kier alpha value is -1.78. The van der Waals surface area contributed by atoms with Crippen molar-refractivity contribution >= 4 is 34.9 Å². The molecule has 0 saturated carbocycles. The first-order valence-electron chi connectivity index (χ1n) is 5.81. The second-order valence-corrected chi connectivity index (χ2v) is 4.91. The highest BCUT2D eigenvalue weighted by Crippen LogP contribution is 2.22. The summed E-state index contributed by atoms with van der Waals surface area (Å²) in [6, 6.07) is 8.64. The molecule has 0 aliphatic heterocycles. The van der Waals surface area contributed by atoms with Crippen molar-refractivity contribution < 1.29 is 9.53 Å². The first kappa shape index (κ1) is 14.6. The van der Waals surface area contributed by atoms with Crippen LogP contribution < -0.4 is 5.32 Å². The van der Waals surface area contributed by atoms with Gasteiger partial charge < -0.3 is 10.1 Å². The molecule has 0 aliphatic rings. The molecule has 0 aliphatic carbocycles. The summed E-state index contributed by atoms with van der Waals surface area (Å²) in [6.45, 7) is 0.498. The molecule has 0 amide bonds. The largest absolute Gasteiger partial charge is 0.465 e. The summed E-state index contributed by atoms with van der Waals surface area (Å²) >= 11 is 11.8. The van der Waals surface area contributed by atoms with Crippen LogP contribution in [0.2, 0.25) is 10.0 Å². The summed E-state index contributed by atoms with van der Waals surface area (Å²) in [4.78, 5) is 15.5. The van der Waals surface area contributed by atoms with Crippen LogP contribution in [0, 0.1) is 0 Å². The van der Waals surface area contributed by atoms with Gasteiger partial charge >= 0.3 is 5.97 Å². The summed E-state index contributed by atoms with van der Waals surface area (Å²) in [5.74, 6) is -0.404. The molecule has 0 saturated heterocycles. The summed E-state index contributed by atoms with van der Waals surface area (Å²) < 4.78 is 4.61. The average molecular weight is 311 g/mol. The van der Waals surface area contributed by atoms with E-state index in [4.69, 9.17) is 23.2 Å². The second kappa shape index (κ2) is 6.59. The molecule has 0 atom stereocenters. The Morgan fingerprint density at radius 3 is 2.50 bits per heavy atom. The van der Waals surface area contributed by atoms with E-state index in [2.05, 4.69) is 15.0 Å². The van der Waals surface area contributed by atoms with Crippen LogP contribution in [0.25, 0.3) is 0 Å². The fraction of sp³-hybridized carbons (Fsp3) is 0.143. The number of carbonyl (C=O) groups is 1. The highest BCUT2D eigenvalue weighted by Gasteiger charge is 2.05. The van der Waals surface area contributed by atoms with E-state index >= 15 is 0 Å². The van der Waals surface area contributed by atoms with Crippen LogP contribution >= 0.6 is 23.2 Å². The minimum absolute atomic E-state index is 0.404. The Morgan fingerprint density at radius 2 is 1.95 bits per heavy atom. The molecule has 0 unspecified atom stereocenters. The molecule has 0 bridgehead atoms. The van der Waals surface area contributed by atoms with Crippen LogP contribution in [-0.2, 0) is 11.3 Å². The number of carbonyl (C=O) groups excluding carboxylic acids is 1. The molecule has 20 heavy (non-hydrogen) atoms. The number of nitrogens with zero attached hydrogens (tertiary/aromatic N) is 1. The molecule has 1 aromatic heterocycles. The van der Waals surface area contributed by atoms with Crippen molar-refractivity contribution in [3.8, 4) is 0 Å². The van der Waals surface area contributed by atoms with Gasteiger partial charge in [-0.05, 0) is 30.3 Å². The molecule has 1 heterocycles. The molecule has 2 rings (SSSR count). The van der Waals surface area contributed by atoms with E-state index in [0.717, 1.165) is 11.4 Å². The quantitative estimate of drug-likeness (QED) is 0.873. The van der Waals surface area contributed by atoms with Gasteiger partial charge in [-0.15, -0.1) is 0 Å². The summed E-state index contributed by atoms with van der Waals surface area (Å²) in [5.41, 5.74) is 2.01. The molecular weight excluding hydrogens is 299 g/mol. The van der Waals surface area contributed by atoms with E-state index in [0.29, 0.717) is 22.2 Å². The van der Waals surface area contributed by atoms with Crippen LogP contribution in [-0.4, -0.2) is 18.1 Å². The SMILES string of the molecule is COC(=O)c1ccc(CNc2cc(Cl)cc(Cl)c2)nc1. The molecule has 1 aromatic carbocycles. The van der Waals surface area contributed by atoms with E-state index in [-0.39, 0.29) is 0 Å². The van der Waals surface area contributed by atoms with E-state index in [1.165, 1.54) is 13.3 Å². The van der Waals surface area contributed by atoms with Crippen molar-refractivity contribution in [3.05, 3.63) is 57.8 Å². The third-order valence-electron chi connectivity index (χ3n) is 2.58. The van der Waals surface area contributed by atoms with E-state index < -0.39 is 5.97 Å². The highest BCUT2D eigenvalue weighted by atomic mass is 35.5. The number of benzene rings is 1. The number of ether oxygens (including phenoxy) is 1. The maximum atomic E-state index is 11.3. The van der Waals surface area contributed by atoms with Gasteiger partial charge in [0.15, 0.2) is 0 Å². The topological polar surface area (TPSA) is 51.2 Å². The normalized spacial score (nSPS) is 10.2. The fourth-order valence-electron chi connectivity index (χ4n) is 1.62. The monoisotopic (exact) mass is 310 g/mol. The summed E-state index contributed by atoms with van der Waals surface area (Å²) in [6.07, 6.45) is 1.48. The number of pyridine rings is 1. The van der Waals surface area contributed by atoms with Crippen molar-refractivity contribution in [2.24, 2.45) is 0 Å². The van der Waals surface area contributed by atoms with Crippen LogP contribution in [0.1, 0.15) is 16.1 Å². The van der Waals surface area contributed by atoms with E-state index in [1.54, 1.807) is 30.3 Å². The zero-order valence-electron chi connectivity index (χ0n) is 10.7. The third-order valence-corrected chi connectivity index (χ3v) is 3.02. The van der Waals surface area contributed by atoms with Gasteiger partial charge in [-0.1, -0.05) is 23.2 Å². The molecule has 0 radical (unpaired) electrons. The second-order valence-electron chi connectivity index (χ2n) is 4.04. The fourth-order valence-corrected chi connectivity index (χ4v) is 2.14. The lowest BCUT2D eigenvalue weighted by Crippen LogP contribution is -2.05. The minimum atomic E-state index is -0.404. The number of halogens is 2. The Labute approximate surface area is 126 Å². The number of esters is 1. The van der Waals surface area contributed by atoms with Crippen LogP contribution in [0.4, 0.5) is 5.69 Å². The van der Waals surface area contributed by atoms with Gasteiger partial charge in [0, 0.05) is 21.9 Å². The van der Waals surface area contributed by atoms with Gasteiger partial charge in [0.05, 0.1) is 24.9 Å². The summed E-state index contributed by atoms with van der Waals surface area (Å²) in [7, 11) is 1.33. The summed E-state index contributed by atoms with van der Waals surface area (Å²) in [5, 5.41) is 4.29. The molecule has 104 valence electrons. The van der Waals surface area contributed by atoms with Crippen LogP contribution in [0.5, 0.6) is 0 Å². The van der Waals surface area contributed by atoms with Crippen molar-refractivity contribution in [2.75, 3.05) is 12.4 Å². The van der Waals surface area contributed by atoms with Crippen LogP contribution in [0.3, 0.4) is 0 Å². The minimum Gasteiger partial charge on any atom is -0.465 e. The predicted molar refractivity (Wildman–Crippen MR) is 79.4 cm³/mol. The first-order valence-corrected chi connectivity index (χ1v) is 6.57. The number of methoxy groups -OCH3 is 1. The maximum Gasteiger partial charge on any atom is 0.339 e. The lowest BCUT2D eigenvalue weighted by Gasteiger charge is -2.07. The molecule has 0 spiro atoms. The van der Waals surface area contributed by atoms with Crippen molar-refractivity contribution in [1.29, 1.82) is 0 Å². The number of hydrogen-bond acceptors (Lipinski definition) is 4. The van der Waals surface area contributed by atoms with Gasteiger partial charge in [-0.2, -0.15) is 0 Å². The standard InChI is InChI=1S/C14H12Cl2N2O2/c1-20-14(19)9-2-3-12(17-7-9)8-18-13-5-10(15)4-11(16)6-13/h2-7,18H,8H2,1H3.